The van der Waals surface area contributed by atoms with E-state index < -0.39 is 10.0 Å². The van der Waals surface area contributed by atoms with Gasteiger partial charge in [0.15, 0.2) is 0 Å². The number of rotatable bonds is 3. The van der Waals surface area contributed by atoms with E-state index in [2.05, 4.69) is 17.0 Å². The van der Waals surface area contributed by atoms with E-state index in [0.29, 0.717) is 16.6 Å². The standard InChI is InChI=1S/C16H18N2O2S/c1-11-5-3-4-6-15(11)18-21(19,20)14-7-8-16-13(10-14)9-12(2)17-16/h3-8,10,12,17-18H,9H2,1-2H3. The van der Waals surface area contributed by atoms with E-state index in [4.69, 9.17) is 0 Å². The lowest BCUT2D eigenvalue weighted by Crippen LogP contribution is -2.13. The zero-order valence-electron chi connectivity index (χ0n) is 12.1. The molecule has 0 saturated heterocycles. The van der Waals surface area contributed by atoms with E-state index >= 15 is 0 Å². The van der Waals surface area contributed by atoms with Gasteiger partial charge in [-0.25, -0.2) is 8.42 Å². The van der Waals surface area contributed by atoms with Gasteiger partial charge in [-0.2, -0.15) is 0 Å². The van der Waals surface area contributed by atoms with Crippen LogP contribution >= 0.6 is 0 Å². The van der Waals surface area contributed by atoms with Crippen molar-refractivity contribution in [3.63, 3.8) is 0 Å². The van der Waals surface area contributed by atoms with E-state index in [1.807, 2.05) is 31.2 Å². The first kappa shape index (κ1) is 13.9. The first-order valence-corrected chi connectivity index (χ1v) is 8.42. The summed E-state index contributed by atoms with van der Waals surface area (Å²) in [5, 5.41) is 3.32. The lowest BCUT2D eigenvalue weighted by Gasteiger charge is -2.11. The van der Waals surface area contributed by atoms with Gasteiger partial charge in [-0.15, -0.1) is 0 Å². The fraction of sp³-hybridized carbons (Fsp3) is 0.250. The molecule has 5 heteroatoms. The SMILES string of the molecule is Cc1ccccc1NS(=O)(=O)c1ccc2c(c1)CC(C)N2. The Hall–Kier alpha value is -2.01. The Morgan fingerprint density at radius 2 is 1.95 bits per heavy atom. The van der Waals surface area contributed by atoms with Crippen LogP contribution in [-0.4, -0.2) is 14.5 Å². The van der Waals surface area contributed by atoms with Gasteiger partial charge in [-0.1, -0.05) is 18.2 Å². The molecule has 0 aromatic heterocycles. The van der Waals surface area contributed by atoms with Gasteiger partial charge < -0.3 is 5.32 Å². The molecule has 0 spiro atoms. The molecule has 0 radical (unpaired) electrons. The molecule has 21 heavy (non-hydrogen) atoms. The predicted molar refractivity (Wildman–Crippen MR) is 85.2 cm³/mol. The molecule has 2 aromatic carbocycles. The average Bonchev–Trinajstić information content (AvgIpc) is 2.80. The summed E-state index contributed by atoms with van der Waals surface area (Å²) in [6, 6.07) is 12.9. The number of hydrogen-bond acceptors (Lipinski definition) is 3. The molecule has 3 rings (SSSR count). The van der Waals surface area contributed by atoms with Gasteiger partial charge in [0.05, 0.1) is 10.6 Å². The highest BCUT2D eigenvalue weighted by atomic mass is 32.2. The van der Waals surface area contributed by atoms with Crippen LogP contribution < -0.4 is 10.0 Å². The highest BCUT2D eigenvalue weighted by Crippen LogP contribution is 2.29. The smallest absolute Gasteiger partial charge is 0.261 e. The first-order chi connectivity index (χ1) is 9.95. The van der Waals surface area contributed by atoms with Crippen molar-refractivity contribution in [2.45, 2.75) is 31.2 Å². The van der Waals surface area contributed by atoms with E-state index in [-0.39, 0.29) is 0 Å². The van der Waals surface area contributed by atoms with Crippen molar-refractivity contribution in [1.29, 1.82) is 0 Å². The number of fused-ring (bicyclic) bond motifs is 1. The molecule has 1 atom stereocenters. The zero-order chi connectivity index (χ0) is 15.0. The Bertz CT molecular complexity index is 785. The fourth-order valence-corrected chi connectivity index (χ4v) is 3.77. The topological polar surface area (TPSA) is 58.2 Å². The number of para-hydroxylation sites is 1. The molecule has 0 bridgehead atoms. The number of anilines is 2. The van der Waals surface area contributed by atoms with Crippen LogP contribution in [0, 0.1) is 6.92 Å². The average molecular weight is 302 g/mol. The molecule has 2 N–H and O–H groups in total. The minimum Gasteiger partial charge on any atom is -0.382 e. The number of benzene rings is 2. The minimum atomic E-state index is -3.55. The van der Waals surface area contributed by atoms with Crippen molar-refractivity contribution in [3.8, 4) is 0 Å². The van der Waals surface area contributed by atoms with Crippen molar-refractivity contribution in [2.75, 3.05) is 10.0 Å². The van der Waals surface area contributed by atoms with Crippen molar-refractivity contribution >= 4 is 21.4 Å². The molecule has 110 valence electrons. The molecule has 2 aromatic rings. The van der Waals surface area contributed by atoms with Crippen LogP contribution in [0.1, 0.15) is 18.1 Å². The van der Waals surface area contributed by atoms with Gasteiger partial charge in [-0.3, -0.25) is 4.72 Å². The highest BCUT2D eigenvalue weighted by molar-refractivity contribution is 7.92. The summed E-state index contributed by atoms with van der Waals surface area (Å²) in [6.07, 6.45) is 0.850. The summed E-state index contributed by atoms with van der Waals surface area (Å²) in [6.45, 7) is 3.96. The highest BCUT2D eigenvalue weighted by Gasteiger charge is 2.21. The summed E-state index contributed by atoms with van der Waals surface area (Å²) in [7, 11) is -3.55. The van der Waals surface area contributed by atoms with Gasteiger partial charge in [0, 0.05) is 11.7 Å². The van der Waals surface area contributed by atoms with Gasteiger partial charge in [0.25, 0.3) is 10.0 Å². The molecular formula is C16H18N2O2S. The Labute approximate surface area is 125 Å². The summed E-state index contributed by atoms with van der Waals surface area (Å²) >= 11 is 0. The second-order valence-electron chi connectivity index (χ2n) is 5.49. The molecule has 0 saturated carbocycles. The third kappa shape index (κ3) is 2.74. The van der Waals surface area contributed by atoms with Crippen LogP contribution in [0.15, 0.2) is 47.4 Å². The van der Waals surface area contributed by atoms with Crippen LogP contribution in [0.3, 0.4) is 0 Å². The zero-order valence-corrected chi connectivity index (χ0v) is 12.9. The minimum absolute atomic E-state index is 0.306. The Kier molecular flexibility index (Phi) is 3.37. The van der Waals surface area contributed by atoms with Crippen LogP contribution in [0.25, 0.3) is 0 Å². The predicted octanol–water partition coefficient (Wildman–Crippen LogP) is 3.15. The fourth-order valence-electron chi connectivity index (χ4n) is 2.58. The monoisotopic (exact) mass is 302 g/mol. The number of sulfonamides is 1. The van der Waals surface area contributed by atoms with Gasteiger partial charge >= 0.3 is 0 Å². The molecule has 1 heterocycles. The van der Waals surface area contributed by atoms with Gasteiger partial charge in [0.1, 0.15) is 0 Å². The van der Waals surface area contributed by atoms with Gasteiger partial charge in [0.2, 0.25) is 0 Å². The van der Waals surface area contributed by atoms with E-state index in [9.17, 15) is 8.42 Å². The first-order valence-electron chi connectivity index (χ1n) is 6.93. The van der Waals surface area contributed by atoms with Crippen LogP contribution in [0.4, 0.5) is 11.4 Å². The van der Waals surface area contributed by atoms with E-state index in [1.165, 1.54) is 0 Å². The van der Waals surface area contributed by atoms with Crippen molar-refractivity contribution in [3.05, 3.63) is 53.6 Å². The van der Waals surface area contributed by atoms with E-state index in [0.717, 1.165) is 23.2 Å². The summed E-state index contributed by atoms with van der Waals surface area (Å²) in [5.41, 5.74) is 3.59. The maximum Gasteiger partial charge on any atom is 0.261 e. The third-order valence-electron chi connectivity index (χ3n) is 3.70. The summed E-state index contributed by atoms with van der Waals surface area (Å²) < 4.78 is 27.7. The molecule has 1 aliphatic rings. The maximum absolute atomic E-state index is 12.5. The Morgan fingerprint density at radius 1 is 1.19 bits per heavy atom. The molecule has 0 aliphatic carbocycles. The normalized spacial score (nSPS) is 17.1. The second kappa shape index (κ2) is 5.07. The van der Waals surface area contributed by atoms with Crippen molar-refractivity contribution < 1.29 is 8.42 Å². The van der Waals surface area contributed by atoms with Crippen LogP contribution in [0.5, 0.6) is 0 Å². The van der Waals surface area contributed by atoms with Crippen molar-refractivity contribution in [2.24, 2.45) is 0 Å². The van der Waals surface area contributed by atoms with Crippen LogP contribution in [-0.2, 0) is 16.4 Å². The quantitative estimate of drug-likeness (QED) is 0.915. The molecule has 0 amide bonds. The summed E-state index contributed by atoms with van der Waals surface area (Å²) in [4.78, 5) is 0.306. The largest absolute Gasteiger partial charge is 0.382 e. The third-order valence-corrected chi connectivity index (χ3v) is 5.07. The molecule has 1 aliphatic heterocycles. The van der Waals surface area contributed by atoms with Gasteiger partial charge in [-0.05, 0) is 55.7 Å². The number of hydrogen-bond donors (Lipinski definition) is 2. The maximum atomic E-state index is 12.5. The number of aryl methyl sites for hydroxylation is 1. The summed E-state index contributed by atoms with van der Waals surface area (Å²) in [5.74, 6) is 0. The molecule has 0 fully saturated rings. The molecule has 1 unspecified atom stereocenters. The molecular weight excluding hydrogens is 284 g/mol. The van der Waals surface area contributed by atoms with Crippen molar-refractivity contribution in [1.82, 2.24) is 0 Å². The Balaban J connectivity index is 1.93. The second-order valence-corrected chi connectivity index (χ2v) is 7.17. The lowest BCUT2D eigenvalue weighted by molar-refractivity contribution is 0.601. The Morgan fingerprint density at radius 3 is 2.71 bits per heavy atom. The van der Waals surface area contributed by atoms with E-state index in [1.54, 1.807) is 18.2 Å². The lowest BCUT2D eigenvalue weighted by atomic mass is 10.1. The molecule has 4 nitrogen and oxygen atoms in total. The van der Waals surface area contributed by atoms with Crippen LogP contribution in [0.2, 0.25) is 0 Å². The number of nitrogens with one attached hydrogen (secondary N) is 2.